The lowest BCUT2D eigenvalue weighted by atomic mass is 10.4. The minimum Gasteiger partial charge on any atom is -0.414 e. The Kier molecular flexibility index (Phi) is 2.68. The van der Waals surface area contributed by atoms with E-state index in [1.165, 1.54) is 0 Å². The topological polar surface area (TPSA) is 56.7 Å². The molecule has 0 aromatic carbocycles. The first kappa shape index (κ1) is 11.4. The first-order valence-electron chi connectivity index (χ1n) is 5.23. The molecule has 0 bridgehead atoms. The molecule has 0 radical (unpaired) electrons. The second-order valence-electron chi connectivity index (χ2n) is 3.76. The highest BCUT2D eigenvalue weighted by Crippen LogP contribution is 2.31. The minimum atomic E-state index is 0.340. The van der Waals surface area contributed by atoms with Crippen LogP contribution in [0.15, 0.2) is 21.9 Å². The molecule has 0 amide bonds. The molecule has 0 aliphatic heterocycles. The predicted octanol–water partition coefficient (Wildman–Crippen LogP) is 3.16. The largest absolute Gasteiger partial charge is 0.414 e. The quantitative estimate of drug-likeness (QED) is 0.723. The summed E-state index contributed by atoms with van der Waals surface area (Å²) in [6.45, 7) is 1.88. The summed E-state index contributed by atoms with van der Waals surface area (Å²) >= 11 is 7.72. The van der Waals surface area contributed by atoms with Gasteiger partial charge in [-0.1, -0.05) is 17.7 Å². The first-order valence-corrected chi connectivity index (χ1v) is 6.49. The van der Waals surface area contributed by atoms with Crippen molar-refractivity contribution in [2.75, 3.05) is 0 Å². The molecule has 0 aliphatic carbocycles. The summed E-state index contributed by atoms with van der Waals surface area (Å²) in [6, 6.07) is 3.86. The maximum atomic E-state index is 6.17. The monoisotopic (exact) mass is 280 g/mol. The molecule has 3 aromatic rings. The average Bonchev–Trinajstić information content (AvgIpc) is 3.05. The van der Waals surface area contributed by atoms with Crippen molar-refractivity contribution < 1.29 is 4.42 Å². The van der Waals surface area contributed by atoms with Gasteiger partial charge >= 0.3 is 0 Å². The number of aryl methyl sites for hydroxylation is 1. The normalized spacial score (nSPS) is 11.1. The van der Waals surface area contributed by atoms with Gasteiger partial charge in [0.15, 0.2) is 5.69 Å². The van der Waals surface area contributed by atoms with E-state index in [-0.39, 0.29) is 0 Å². The molecule has 0 saturated carbocycles. The van der Waals surface area contributed by atoms with E-state index in [0.29, 0.717) is 22.5 Å². The maximum Gasteiger partial charge on any atom is 0.270 e. The van der Waals surface area contributed by atoms with Crippen LogP contribution in [0, 0.1) is 6.92 Å². The molecule has 0 unspecified atom stereocenters. The number of halogens is 1. The van der Waals surface area contributed by atoms with Gasteiger partial charge in [0.2, 0.25) is 0 Å². The van der Waals surface area contributed by atoms with E-state index < -0.39 is 0 Å². The molecule has 0 N–H and O–H groups in total. The summed E-state index contributed by atoms with van der Waals surface area (Å²) in [5.41, 5.74) is 1.38. The second kappa shape index (κ2) is 4.22. The summed E-state index contributed by atoms with van der Waals surface area (Å²) in [5, 5.41) is 14.8. The van der Waals surface area contributed by atoms with Gasteiger partial charge in [0.25, 0.3) is 11.8 Å². The molecule has 0 aliphatic rings. The van der Waals surface area contributed by atoms with Crippen LogP contribution >= 0.6 is 22.9 Å². The summed E-state index contributed by atoms with van der Waals surface area (Å²) in [7, 11) is 1.82. The van der Waals surface area contributed by atoms with Gasteiger partial charge in [-0.2, -0.15) is 5.10 Å². The molecule has 0 atom stereocenters. The fraction of sp³-hybridized carbons (Fsp3) is 0.182. The van der Waals surface area contributed by atoms with Crippen LogP contribution in [0.5, 0.6) is 0 Å². The summed E-state index contributed by atoms with van der Waals surface area (Å²) in [4.78, 5) is 0.928. The minimum absolute atomic E-state index is 0.340. The standard InChI is InChI=1S/C11H9ClN4OS/c1-6-8(12)9(15-16(6)2)11-14-13-10(17-11)7-4-3-5-18-7/h3-5H,1-2H3. The Morgan fingerprint density at radius 1 is 1.33 bits per heavy atom. The van der Waals surface area contributed by atoms with Crippen molar-refractivity contribution in [1.29, 1.82) is 0 Å². The number of hydrogen-bond donors (Lipinski definition) is 0. The maximum absolute atomic E-state index is 6.17. The molecular weight excluding hydrogens is 272 g/mol. The third kappa shape index (κ3) is 1.74. The van der Waals surface area contributed by atoms with Crippen LogP contribution in [0.3, 0.4) is 0 Å². The van der Waals surface area contributed by atoms with Crippen LogP contribution in [0.1, 0.15) is 5.69 Å². The Bertz CT molecular complexity index is 686. The molecule has 92 valence electrons. The van der Waals surface area contributed by atoms with E-state index in [4.69, 9.17) is 16.0 Å². The molecular formula is C11H9ClN4OS. The predicted molar refractivity (Wildman–Crippen MR) is 69.6 cm³/mol. The fourth-order valence-corrected chi connectivity index (χ4v) is 2.42. The zero-order chi connectivity index (χ0) is 12.7. The highest BCUT2D eigenvalue weighted by Gasteiger charge is 2.19. The molecule has 5 nitrogen and oxygen atoms in total. The zero-order valence-electron chi connectivity index (χ0n) is 9.72. The fourth-order valence-electron chi connectivity index (χ4n) is 1.54. The van der Waals surface area contributed by atoms with Crippen molar-refractivity contribution in [3.8, 4) is 22.4 Å². The Morgan fingerprint density at radius 3 is 2.72 bits per heavy atom. The summed E-state index contributed by atoms with van der Waals surface area (Å²) in [5.74, 6) is 0.825. The Labute approximate surface area is 112 Å². The third-order valence-corrected chi connectivity index (χ3v) is 3.93. The van der Waals surface area contributed by atoms with E-state index in [9.17, 15) is 0 Å². The number of hydrogen-bond acceptors (Lipinski definition) is 5. The van der Waals surface area contributed by atoms with Crippen LogP contribution in [-0.4, -0.2) is 20.0 Å². The van der Waals surface area contributed by atoms with E-state index in [0.717, 1.165) is 10.6 Å². The molecule has 3 aromatic heterocycles. The van der Waals surface area contributed by atoms with Gasteiger partial charge in [0, 0.05) is 7.05 Å². The highest BCUT2D eigenvalue weighted by molar-refractivity contribution is 7.13. The lowest BCUT2D eigenvalue weighted by Gasteiger charge is -1.89. The highest BCUT2D eigenvalue weighted by atomic mass is 35.5. The van der Waals surface area contributed by atoms with Gasteiger partial charge < -0.3 is 4.42 Å². The molecule has 3 heterocycles. The van der Waals surface area contributed by atoms with Gasteiger partial charge in [-0.05, 0) is 18.4 Å². The van der Waals surface area contributed by atoms with Crippen molar-refractivity contribution in [3.63, 3.8) is 0 Å². The first-order chi connectivity index (χ1) is 8.66. The SMILES string of the molecule is Cc1c(Cl)c(-c2nnc(-c3cccs3)o2)nn1C. The van der Waals surface area contributed by atoms with Crippen molar-refractivity contribution in [2.45, 2.75) is 6.92 Å². The van der Waals surface area contributed by atoms with Crippen LogP contribution in [0.2, 0.25) is 5.02 Å². The van der Waals surface area contributed by atoms with E-state index in [1.807, 2.05) is 31.5 Å². The van der Waals surface area contributed by atoms with Crippen molar-refractivity contribution in [2.24, 2.45) is 7.05 Å². The Balaban J connectivity index is 2.06. The third-order valence-electron chi connectivity index (χ3n) is 2.62. The van der Waals surface area contributed by atoms with Gasteiger partial charge in [0.05, 0.1) is 15.6 Å². The number of rotatable bonds is 2. The van der Waals surface area contributed by atoms with E-state index >= 15 is 0 Å². The summed E-state index contributed by atoms with van der Waals surface area (Å²) < 4.78 is 7.28. The lowest BCUT2D eigenvalue weighted by Crippen LogP contribution is -1.92. The number of aromatic nitrogens is 4. The van der Waals surface area contributed by atoms with Crippen LogP contribution < -0.4 is 0 Å². The van der Waals surface area contributed by atoms with Crippen molar-refractivity contribution >= 4 is 22.9 Å². The van der Waals surface area contributed by atoms with E-state index in [1.54, 1.807) is 16.0 Å². The molecule has 0 saturated heterocycles. The molecule has 18 heavy (non-hydrogen) atoms. The van der Waals surface area contributed by atoms with Crippen LogP contribution in [0.25, 0.3) is 22.4 Å². The van der Waals surface area contributed by atoms with Gasteiger partial charge in [-0.15, -0.1) is 21.5 Å². The zero-order valence-corrected chi connectivity index (χ0v) is 11.3. The van der Waals surface area contributed by atoms with Crippen molar-refractivity contribution in [1.82, 2.24) is 20.0 Å². The van der Waals surface area contributed by atoms with Crippen LogP contribution in [-0.2, 0) is 7.05 Å². The van der Waals surface area contributed by atoms with E-state index in [2.05, 4.69) is 15.3 Å². The Hall–Kier alpha value is -1.66. The van der Waals surface area contributed by atoms with Gasteiger partial charge in [-0.25, -0.2) is 0 Å². The smallest absolute Gasteiger partial charge is 0.270 e. The number of thiophene rings is 1. The molecule has 0 spiro atoms. The second-order valence-corrected chi connectivity index (χ2v) is 5.09. The van der Waals surface area contributed by atoms with Gasteiger partial charge in [-0.3, -0.25) is 4.68 Å². The summed E-state index contributed by atoms with van der Waals surface area (Å²) in [6.07, 6.45) is 0. The Morgan fingerprint density at radius 2 is 2.11 bits per heavy atom. The average molecular weight is 281 g/mol. The molecule has 7 heteroatoms. The van der Waals surface area contributed by atoms with Crippen molar-refractivity contribution in [3.05, 3.63) is 28.2 Å². The molecule has 0 fully saturated rings. The van der Waals surface area contributed by atoms with Gasteiger partial charge in [0.1, 0.15) is 0 Å². The van der Waals surface area contributed by atoms with Crippen LogP contribution in [0.4, 0.5) is 0 Å². The number of nitrogens with zero attached hydrogens (tertiary/aromatic N) is 4. The lowest BCUT2D eigenvalue weighted by molar-refractivity contribution is 0.581. The molecule has 3 rings (SSSR count).